The number of hydrogen-bond donors (Lipinski definition) is 2. The monoisotopic (exact) mass is 302 g/mol. The largest absolute Gasteiger partial charge is 0.392 e. The average Bonchev–Trinajstić information content (AvgIpc) is 2.45. The molecule has 0 aliphatic carbocycles. The van der Waals surface area contributed by atoms with Crippen molar-refractivity contribution >= 4 is 23.9 Å². The third-order valence-electron chi connectivity index (χ3n) is 2.55. The molecule has 0 bridgehead atoms. The quantitative estimate of drug-likeness (QED) is 0.320. The van der Waals surface area contributed by atoms with Crippen LogP contribution in [0.25, 0.3) is 0 Å². The Bertz CT molecular complexity index is 336. The fourth-order valence-electron chi connectivity index (χ4n) is 1.51. The zero-order chi connectivity index (χ0) is 16.1. The Balaban J connectivity index is 3.44. The van der Waals surface area contributed by atoms with E-state index >= 15 is 0 Å². The average molecular weight is 302 g/mol. The number of nitrogens with two attached hydrogens (primary N) is 2. The summed E-state index contributed by atoms with van der Waals surface area (Å²) in [4.78, 5) is 43.7. The zero-order valence-electron chi connectivity index (χ0n) is 12.0. The van der Waals surface area contributed by atoms with Gasteiger partial charge in [-0.2, -0.15) is 0 Å². The van der Waals surface area contributed by atoms with Crippen molar-refractivity contribution in [3.8, 4) is 0 Å². The minimum atomic E-state index is -0.731. The van der Waals surface area contributed by atoms with E-state index in [4.69, 9.17) is 11.5 Å². The third-order valence-corrected chi connectivity index (χ3v) is 2.55. The summed E-state index contributed by atoms with van der Waals surface area (Å²) in [7, 11) is 0. The molecule has 0 heterocycles. The minimum Gasteiger partial charge on any atom is -0.392 e. The smallest absolute Gasteiger partial charge is 0.327 e. The van der Waals surface area contributed by atoms with Gasteiger partial charge in [0.1, 0.15) is 0 Å². The van der Waals surface area contributed by atoms with Crippen LogP contribution in [0.2, 0.25) is 0 Å². The molecule has 0 rings (SSSR count). The Morgan fingerprint density at radius 1 is 0.571 bits per heavy atom. The topological polar surface area (TPSA) is 139 Å². The summed E-state index contributed by atoms with van der Waals surface area (Å²) in [5, 5.41) is 0. The van der Waals surface area contributed by atoms with Crippen molar-refractivity contribution in [2.24, 2.45) is 11.5 Å². The summed E-state index contributed by atoms with van der Waals surface area (Å²) >= 11 is 0. The summed E-state index contributed by atoms with van der Waals surface area (Å²) in [6.07, 6.45) is 3.93. The molecule has 0 fully saturated rings. The summed E-state index contributed by atoms with van der Waals surface area (Å²) in [5.41, 5.74) is 10.0. The highest BCUT2D eigenvalue weighted by Crippen LogP contribution is 2.08. The summed E-state index contributed by atoms with van der Waals surface area (Å²) in [5.74, 6) is -2.61. The van der Waals surface area contributed by atoms with E-state index in [9.17, 15) is 19.2 Å². The van der Waals surface area contributed by atoms with Crippen LogP contribution in [0.4, 0.5) is 0 Å². The minimum absolute atomic E-state index is 0.165. The number of carbonyl (C=O) groups excluding carboxylic acids is 4. The highest BCUT2D eigenvalue weighted by molar-refractivity contribution is 5.86. The van der Waals surface area contributed by atoms with Crippen LogP contribution in [0.3, 0.4) is 0 Å². The van der Waals surface area contributed by atoms with Crippen LogP contribution in [0, 0.1) is 0 Å². The number of rotatable bonds is 10. The van der Waals surface area contributed by atoms with E-state index < -0.39 is 23.9 Å². The lowest BCUT2D eigenvalue weighted by Gasteiger charge is -2.03. The molecule has 8 heteroatoms. The zero-order valence-corrected chi connectivity index (χ0v) is 12.0. The highest BCUT2D eigenvalue weighted by atomic mass is 16.6. The van der Waals surface area contributed by atoms with Gasteiger partial charge in [-0.15, -0.1) is 0 Å². The molecule has 0 spiro atoms. The van der Waals surface area contributed by atoms with Crippen LogP contribution in [0.5, 0.6) is 0 Å². The van der Waals surface area contributed by atoms with Crippen molar-refractivity contribution in [1.29, 1.82) is 0 Å². The maximum Gasteiger partial charge on any atom is 0.327 e. The van der Waals surface area contributed by atoms with Crippen LogP contribution < -0.4 is 11.5 Å². The molecule has 0 radical (unpaired) electrons. The molecule has 4 N–H and O–H groups in total. The molecule has 0 atom stereocenters. The van der Waals surface area contributed by atoms with Crippen LogP contribution in [-0.4, -0.2) is 37.0 Å². The normalized spacial score (nSPS) is 10.0. The van der Waals surface area contributed by atoms with Gasteiger partial charge in [0, 0.05) is 12.8 Å². The lowest BCUT2D eigenvalue weighted by molar-refractivity contribution is -0.160. The molecule has 0 aliphatic rings. The molecule has 0 saturated heterocycles. The van der Waals surface area contributed by atoms with Gasteiger partial charge in [-0.3, -0.25) is 19.2 Å². The van der Waals surface area contributed by atoms with Gasteiger partial charge in [-0.05, 0) is 12.8 Å². The predicted molar refractivity (Wildman–Crippen MR) is 72.6 cm³/mol. The number of esters is 4. The Kier molecular flexibility index (Phi) is 11.0. The maximum absolute atomic E-state index is 11.1. The first-order chi connectivity index (χ1) is 9.99. The van der Waals surface area contributed by atoms with Gasteiger partial charge < -0.3 is 20.9 Å². The molecular weight excluding hydrogens is 280 g/mol. The first kappa shape index (κ1) is 19.2. The van der Waals surface area contributed by atoms with E-state index in [0.29, 0.717) is 12.8 Å². The van der Waals surface area contributed by atoms with Gasteiger partial charge in [0.25, 0.3) is 0 Å². The molecule has 21 heavy (non-hydrogen) atoms. The van der Waals surface area contributed by atoms with Gasteiger partial charge >= 0.3 is 23.9 Å². The van der Waals surface area contributed by atoms with Gasteiger partial charge in [-0.1, -0.05) is 19.3 Å². The van der Waals surface area contributed by atoms with E-state index in [-0.39, 0.29) is 25.9 Å². The van der Waals surface area contributed by atoms with Gasteiger partial charge in [0.05, 0.1) is 13.1 Å². The first-order valence-electron chi connectivity index (χ1n) is 6.86. The van der Waals surface area contributed by atoms with Crippen molar-refractivity contribution in [2.45, 2.75) is 44.9 Å². The summed E-state index contributed by atoms with van der Waals surface area (Å²) in [6.45, 7) is -0.622. The van der Waals surface area contributed by atoms with Crippen molar-refractivity contribution in [2.75, 3.05) is 13.1 Å². The maximum atomic E-state index is 11.1. The summed E-state index contributed by atoms with van der Waals surface area (Å²) < 4.78 is 8.80. The molecule has 0 unspecified atom stereocenters. The van der Waals surface area contributed by atoms with Crippen molar-refractivity contribution < 1.29 is 28.7 Å². The standard InChI is InChI=1S/C13H22N2O6/c14-8-12(18)20-10(16)6-4-2-1-3-5-7-11(17)21-13(19)9-15/h1-9,14-15H2. The van der Waals surface area contributed by atoms with Crippen molar-refractivity contribution in [1.82, 2.24) is 0 Å². The predicted octanol–water partition coefficient (Wildman–Crippen LogP) is -0.226. The van der Waals surface area contributed by atoms with Gasteiger partial charge in [0.15, 0.2) is 0 Å². The third kappa shape index (κ3) is 11.7. The second-order valence-corrected chi connectivity index (χ2v) is 4.37. The molecule has 8 nitrogen and oxygen atoms in total. The van der Waals surface area contributed by atoms with Crippen molar-refractivity contribution in [3.63, 3.8) is 0 Å². The van der Waals surface area contributed by atoms with E-state index in [1.807, 2.05) is 0 Å². The van der Waals surface area contributed by atoms with Crippen LogP contribution in [-0.2, 0) is 28.7 Å². The molecular formula is C13H22N2O6. The molecule has 0 saturated carbocycles. The second kappa shape index (κ2) is 12.0. The lowest BCUT2D eigenvalue weighted by atomic mass is 10.1. The van der Waals surface area contributed by atoms with Crippen LogP contribution in [0.1, 0.15) is 44.9 Å². The fourth-order valence-corrected chi connectivity index (χ4v) is 1.51. The Labute approximate surface area is 123 Å². The van der Waals surface area contributed by atoms with Crippen molar-refractivity contribution in [3.05, 3.63) is 0 Å². The molecule has 0 amide bonds. The summed E-state index contributed by atoms with van der Waals surface area (Å²) in [6, 6.07) is 0. The lowest BCUT2D eigenvalue weighted by Crippen LogP contribution is -2.20. The van der Waals surface area contributed by atoms with Gasteiger partial charge in [0.2, 0.25) is 0 Å². The fraction of sp³-hybridized carbons (Fsp3) is 0.692. The second-order valence-electron chi connectivity index (χ2n) is 4.37. The molecule has 0 aromatic rings. The van der Waals surface area contributed by atoms with E-state index in [2.05, 4.69) is 9.47 Å². The van der Waals surface area contributed by atoms with Crippen LogP contribution >= 0.6 is 0 Å². The highest BCUT2D eigenvalue weighted by Gasteiger charge is 2.09. The molecule has 0 aromatic carbocycles. The molecule has 120 valence electrons. The number of ether oxygens (including phenoxy) is 2. The van der Waals surface area contributed by atoms with E-state index in [0.717, 1.165) is 19.3 Å². The Morgan fingerprint density at radius 2 is 0.905 bits per heavy atom. The van der Waals surface area contributed by atoms with E-state index in [1.165, 1.54) is 0 Å². The molecule has 0 aromatic heterocycles. The number of hydrogen-bond acceptors (Lipinski definition) is 8. The number of unbranched alkanes of at least 4 members (excludes halogenated alkanes) is 4. The van der Waals surface area contributed by atoms with Crippen LogP contribution in [0.15, 0.2) is 0 Å². The number of carbonyl (C=O) groups is 4. The van der Waals surface area contributed by atoms with E-state index in [1.54, 1.807) is 0 Å². The van der Waals surface area contributed by atoms with Gasteiger partial charge in [-0.25, -0.2) is 0 Å². The SMILES string of the molecule is NCC(=O)OC(=O)CCCCCCCC(=O)OC(=O)CN. The Morgan fingerprint density at radius 3 is 1.24 bits per heavy atom. The first-order valence-corrected chi connectivity index (χ1v) is 6.86. The Hall–Kier alpha value is -1.80. The molecule has 0 aliphatic heterocycles.